The zero-order chi connectivity index (χ0) is 11.3. The summed E-state index contributed by atoms with van der Waals surface area (Å²) in [6.07, 6.45) is 0.478. The van der Waals surface area contributed by atoms with Gasteiger partial charge < -0.3 is 15.6 Å². The van der Waals surface area contributed by atoms with Gasteiger partial charge >= 0.3 is 0 Å². The maximum Gasteiger partial charge on any atom is 0.220 e. The Morgan fingerprint density at radius 3 is 2.87 bits per heavy atom. The molecule has 0 aromatic carbocycles. The number of rotatable bonds is 5. The third-order valence-corrected chi connectivity index (χ3v) is 2.97. The number of hydrogen-bond donors (Lipinski definition) is 2. The Bertz CT molecular complexity index is 338. The molecule has 0 spiro atoms. The first-order valence-corrected chi connectivity index (χ1v) is 5.59. The normalized spacial score (nSPS) is 10.3. The molecule has 0 saturated heterocycles. The summed E-state index contributed by atoms with van der Waals surface area (Å²) in [5.74, 6) is 1.47. The molecule has 15 heavy (non-hydrogen) atoms. The number of carbonyl (C=O) groups excluding carboxylic acids is 1. The SMILES string of the molecule is CNC(=O)CCSc1nnc(CN)n1C. The number of thioether (sulfide) groups is 1. The van der Waals surface area contributed by atoms with Crippen LogP contribution in [0.4, 0.5) is 0 Å². The minimum atomic E-state index is 0.0312. The average molecular weight is 229 g/mol. The van der Waals surface area contributed by atoms with Crippen LogP contribution < -0.4 is 11.1 Å². The van der Waals surface area contributed by atoms with Crippen molar-refractivity contribution in [3.05, 3.63) is 5.82 Å². The van der Waals surface area contributed by atoms with Gasteiger partial charge in [-0.1, -0.05) is 11.8 Å². The number of amides is 1. The number of nitrogens with zero attached hydrogens (tertiary/aromatic N) is 3. The van der Waals surface area contributed by atoms with Crippen LogP contribution in [0.1, 0.15) is 12.2 Å². The van der Waals surface area contributed by atoms with Crippen LogP contribution in [0.25, 0.3) is 0 Å². The second-order valence-electron chi connectivity index (χ2n) is 2.93. The van der Waals surface area contributed by atoms with Crippen molar-refractivity contribution < 1.29 is 4.79 Å². The summed E-state index contributed by atoms with van der Waals surface area (Å²) >= 11 is 1.50. The molecule has 0 unspecified atom stereocenters. The fraction of sp³-hybridized carbons (Fsp3) is 0.625. The molecular formula is C8H15N5OS. The molecular weight excluding hydrogens is 214 g/mol. The minimum Gasteiger partial charge on any atom is -0.359 e. The summed E-state index contributed by atoms with van der Waals surface area (Å²) < 4.78 is 1.84. The predicted molar refractivity (Wildman–Crippen MR) is 58.3 cm³/mol. The lowest BCUT2D eigenvalue weighted by Crippen LogP contribution is -2.17. The first-order valence-electron chi connectivity index (χ1n) is 4.60. The van der Waals surface area contributed by atoms with E-state index in [2.05, 4.69) is 15.5 Å². The Morgan fingerprint density at radius 1 is 1.60 bits per heavy atom. The highest BCUT2D eigenvalue weighted by atomic mass is 32.2. The molecule has 84 valence electrons. The van der Waals surface area contributed by atoms with Gasteiger partial charge in [0.05, 0.1) is 6.54 Å². The van der Waals surface area contributed by atoms with Gasteiger partial charge in [-0.25, -0.2) is 0 Å². The van der Waals surface area contributed by atoms with E-state index < -0.39 is 0 Å². The van der Waals surface area contributed by atoms with E-state index in [4.69, 9.17) is 5.73 Å². The molecule has 0 saturated carbocycles. The van der Waals surface area contributed by atoms with Crippen LogP contribution in [-0.4, -0.2) is 33.5 Å². The highest BCUT2D eigenvalue weighted by molar-refractivity contribution is 7.99. The molecule has 3 N–H and O–H groups in total. The van der Waals surface area contributed by atoms with E-state index in [0.717, 1.165) is 11.0 Å². The fourth-order valence-electron chi connectivity index (χ4n) is 1.01. The van der Waals surface area contributed by atoms with Crippen molar-refractivity contribution >= 4 is 17.7 Å². The van der Waals surface area contributed by atoms with Gasteiger partial charge in [-0.2, -0.15) is 0 Å². The van der Waals surface area contributed by atoms with Crippen LogP contribution >= 0.6 is 11.8 Å². The lowest BCUT2D eigenvalue weighted by Gasteiger charge is -2.01. The Balaban J connectivity index is 2.44. The molecule has 0 atom stereocenters. The number of nitrogens with one attached hydrogen (secondary N) is 1. The number of aromatic nitrogens is 3. The first kappa shape index (κ1) is 12.0. The quantitative estimate of drug-likeness (QED) is 0.665. The lowest BCUT2D eigenvalue weighted by atomic mass is 10.5. The molecule has 0 radical (unpaired) electrons. The van der Waals surface area contributed by atoms with Gasteiger partial charge in [0.25, 0.3) is 0 Å². The van der Waals surface area contributed by atoms with Crippen LogP contribution in [0.15, 0.2) is 5.16 Å². The maximum absolute atomic E-state index is 11.0. The molecule has 0 aliphatic rings. The number of carbonyl (C=O) groups is 1. The van der Waals surface area contributed by atoms with E-state index in [1.807, 2.05) is 11.6 Å². The minimum absolute atomic E-state index is 0.0312. The molecule has 1 heterocycles. The van der Waals surface area contributed by atoms with Gasteiger partial charge in [0, 0.05) is 26.3 Å². The molecule has 0 fully saturated rings. The van der Waals surface area contributed by atoms with Crippen molar-refractivity contribution in [2.45, 2.75) is 18.1 Å². The molecule has 1 rings (SSSR count). The van der Waals surface area contributed by atoms with Gasteiger partial charge in [0.15, 0.2) is 5.16 Å². The Labute approximate surface area is 92.6 Å². The van der Waals surface area contributed by atoms with Gasteiger partial charge in [-0.3, -0.25) is 4.79 Å². The van der Waals surface area contributed by atoms with Crippen molar-refractivity contribution in [3.63, 3.8) is 0 Å². The van der Waals surface area contributed by atoms with E-state index >= 15 is 0 Å². The summed E-state index contributed by atoms with van der Waals surface area (Å²) in [5, 5.41) is 11.3. The van der Waals surface area contributed by atoms with Crippen LogP contribution in [0.5, 0.6) is 0 Å². The molecule has 1 amide bonds. The van der Waals surface area contributed by atoms with Gasteiger partial charge in [-0.05, 0) is 0 Å². The number of nitrogens with two attached hydrogens (primary N) is 1. The van der Waals surface area contributed by atoms with Crippen molar-refractivity contribution in [2.75, 3.05) is 12.8 Å². The third-order valence-electron chi connectivity index (χ3n) is 1.95. The highest BCUT2D eigenvalue weighted by Crippen LogP contribution is 2.15. The Hall–Kier alpha value is -1.08. The fourth-order valence-corrected chi connectivity index (χ4v) is 1.88. The summed E-state index contributed by atoms with van der Waals surface area (Å²) in [5.41, 5.74) is 5.47. The zero-order valence-corrected chi connectivity index (χ0v) is 9.67. The molecule has 6 nitrogen and oxygen atoms in total. The zero-order valence-electron chi connectivity index (χ0n) is 8.86. The van der Waals surface area contributed by atoms with E-state index in [1.165, 1.54) is 11.8 Å². The largest absolute Gasteiger partial charge is 0.359 e. The van der Waals surface area contributed by atoms with Crippen LogP contribution in [-0.2, 0) is 18.4 Å². The van der Waals surface area contributed by atoms with Gasteiger partial charge in [0.1, 0.15) is 5.82 Å². The molecule has 7 heteroatoms. The lowest BCUT2D eigenvalue weighted by molar-refractivity contribution is -0.120. The van der Waals surface area contributed by atoms with Crippen molar-refractivity contribution in [1.29, 1.82) is 0 Å². The Morgan fingerprint density at radius 2 is 2.33 bits per heavy atom. The van der Waals surface area contributed by atoms with E-state index in [0.29, 0.717) is 18.7 Å². The van der Waals surface area contributed by atoms with Crippen molar-refractivity contribution in [3.8, 4) is 0 Å². The molecule has 0 aliphatic carbocycles. The van der Waals surface area contributed by atoms with Crippen LogP contribution in [0.2, 0.25) is 0 Å². The second-order valence-corrected chi connectivity index (χ2v) is 4.00. The molecule has 1 aromatic rings. The average Bonchev–Trinajstić information content (AvgIpc) is 2.60. The topological polar surface area (TPSA) is 85.8 Å². The molecule has 0 aliphatic heterocycles. The standard InChI is InChI=1S/C8H15N5OS/c1-10-7(14)3-4-15-8-12-11-6(5-9)13(8)2/h3-5,9H2,1-2H3,(H,10,14). The summed E-state index contributed by atoms with van der Waals surface area (Å²) in [4.78, 5) is 11.0. The van der Waals surface area contributed by atoms with Crippen molar-refractivity contribution in [1.82, 2.24) is 20.1 Å². The summed E-state index contributed by atoms with van der Waals surface area (Å²) in [6, 6.07) is 0. The van der Waals surface area contributed by atoms with E-state index in [-0.39, 0.29) is 5.91 Å². The third kappa shape index (κ3) is 3.21. The van der Waals surface area contributed by atoms with E-state index in [9.17, 15) is 4.79 Å². The highest BCUT2D eigenvalue weighted by Gasteiger charge is 2.08. The Kier molecular flexibility index (Phi) is 4.57. The molecule has 0 bridgehead atoms. The monoisotopic (exact) mass is 229 g/mol. The summed E-state index contributed by atoms with van der Waals surface area (Å²) in [7, 11) is 3.49. The first-order chi connectivity index (χ1) is 7.19. The second kappa shape index (κ2) is 5.72. The van der Waals surface area contributed by atoms with Crippen LogP contribution in [0, 0.1) is 0 Å². The van der Waals surface area contributed by atoms with Gasteiger partial charge in [-0.15, -0.1) is 10.2 Å². The smallest absolute Gasteiger partial charge is 0.220 e. The summed E-state index contributed by atoms with van der Waals surface area (Å²) in [6.45, 7) is 0.375. The van der Waals surface area contributed by atoms with Gasteiger partial charge in [0.2, 0.25) is 5.91 Å². The van der Waals surface area contributed by atoms with Crippen molar-refractivity contribution in [2.24, 2.45) is 12.8 Å². The maximum atomic E-state index is 11.0. The van der Waals surface area contributed by atoms with E-state index in [1.54, 1.807) is 7.05 Å². The van der Waals surface area contributed by atoms with Crippen LogP contribution in [0.3, 0.4) is 0 Å². The predicted octanol–water partition coefficient (Wildman–Crippen LogP) is -0.498. The number of hydrogen-bond acceptors (Lipinski definition) is 5. The molecule has 1 aromatic heterocycles.